The average molecular weight is 289 g/mol. The molecule has 0 atom stereocenters. The molecule has 0 aromatic carbocycles. The molecule has 1 aromatic rings. The van der Waals surface area contributed by atoms with Gasteiger partial charge in [-0.1, -0.05) is 24.2 Å². The lowest BCUT2D eigenvalue weighted by Crippen LogP contribution is -2.37. The van der Waals surface area contributed by atoms with Gasteiger partial charge in [0.15, 0.2) is 0 Å². The lowest BCUT2D eigenvalue weighted by Gasteiger charge is -2.25. The molecule has 0 radical (unpaired) electrons. The van der Waals surface area contributed by atoms with Gasteiger partial charge in [-0.2, -0.15) is 0 Å². The highest BCUT2D eigenvalue weighted by Gasteiger charge is 2.15. The van der Waals surface area contributed by atoms with Crippen molar-refractivity contribution in [1.29, 1.82) is 0 Å². The quantitative estimate of drug-likeness (QED) is 0.770. The first-order chi connectivity index (χ1) is 8.66. The summed E-state index contributed by atoms with van der Waals surface area (Å²) in [6, 6.07) is -0.658. The van der Waals surface area contributed by atoms with Crippen molar-refractivity contribution < 1.29 is 9.53 Å². The minimum Gasteiger partial charge on any atom is -0.379 e. The molecule has 0 unspecified atom stereocenters. The molecular weight excluding hydrogens is 274 g/mol. The number of hydrogen-bond donors (Lipinski definition) is 2. The SMILES string of the molecule is NC(=O)N(S)c1nnc(CCN2CCOCC2)s1. The first-order valence-electron chi connectivity index (χ1n) is 5.58. The van der Waals surface area contributed by atoms with Crippen LogP contribution >= 0.6 is 24.2 Å². The van der Waals surface area contributed by atoms with E-state index in [0.717, 1.165) is 48.6 Å². The summed E-state index contributed by atoms with van der Waals surface area (Å²) >= 11 is 5.26. The fraction of sp³-hybridized carbons (Fsp3) is 0.667. The number of nitrogens with zero attached hydrogens (tertiary/aromatic N) is 4. The van der Waals surface area contributed by atoms with E-state index < -0.39 is 6.03 Å². The van der Waals surface area contributed by atoms with Crippen LogP contribution in [-0.4, -0.2) is 54.0 Å². The zero-order valence-electron chi connectivity index (χ0n) is 9.78. The molecule has 100 valence electrons. The molecule has 7 nitrogen and oxygen atoms in total. The Balaban J connectivity index is 1.84. The van der Waals surface area contributed by atoms with Crippen molar-refractivity contribution in [2.45, 2.75) is 6.42 Å². The Morgan fingerprint density at radius 3 is 2.89 bits per heavy atom. The van der Waals surface area contributed by atoms with Crippen molar-refractivity contribution in [3.63, 3.8) is 0 Å². The summed E-state index contributed by atoms with van der Waals surface area (Å²) in [6.45, 7) is 4.39. The molecule has 0 saturated carbocycles. The molecule has 1 aliphatic rings. The Kier molecular flexibility index (Phi) is 4.75. The second-order valence-corrected chi connectivity index (χ2v) is 5.27. The van der Waals surface area contributed by atoms with Crippen LogP contribution in [0.15, 0.2) is 0 Å². The van der Waals surface area contributed by atoms with Crippen LogP contribution in [0.1, 0.15) is 5.01 Å². The third-order valence-electron chi connectivity index (χ3n) is 2.59. The minimum absolute atomic E-state index is 0.405. The van der Waals surface area contributed by atoms with Gasteiger partial charge in [-0.05, 0) is 0 Å². The number of carbonyl (C=O) groups is 1. The van der Waals surface area contributed by atoms with Gasteiger partial charge in [-0.15, -0.1) is 10.2 Å². The number of thiol groups is 1. The molecule has 1 aliphatic heterocycles. The van der Waals surface area contributed by atoms with E-state index in [-0.39, 0.29) is 0 Å². The summed E-state index contributed by atoms with van der Waals surface area (Å²) in [5.41, 5.74) is 5.10. The monoisotopic (exact) mass is 289 g/mol. The second-order valence-electron chi connectivity index (χ2n) is 3.83. The molecule has 2 rings (SSSR count). The van der Waals surface area contributed by atoms with E-state index in [4.69, 9.17) is 10.5 Å². The van der Waals surface area contributed by atoms with E-state index >= 15 is 0 Å². The normalized spacial score (nSPS) is 16.7. The molecular formula is C9H15N5O2S2. The van der Waals surface area contributed by atoms with Crippen molar-refractivity contribution in [3.05, 3.63) is 5.01 Å². The van der Waals surface area contributed by atoms with Crippen LogP contribution in [0.3, 0.4) is 0 Å². The lowest BCUT2D eigenvalue weighted by atomic mass is 10.3. The smallest absolute Gasteiger partial charge is 0.331 e. The van der Waals surface area contributed by atoms with Crippen LogP contribution in [0.2, 0.25) is 0 Å². The first kappa shape index (κ1) is 13.5. The zero-order chi connectivity index (χ0) is 13.0. The number of hydrogen-bond acceptors (Lipinski definition) is 7. The third-order valence-corrected chi connectivity index (χ3v) is 4.08. The molecule has 0 aliphatic carbocycles. The maximum Gasteiger partial charge on any atom is 0.331 e. The van der Waals surface area contributed by atoms with Crippen molar-refractivity contribution in [2.24, 2.45) is 5.73 Å². The number of primary amides is 1. The number of carbonyl (C=O) groups excluding carboxylic acids is 1. The summed E-state index contributed by atoms with van der Waals surface area (Å²) in [6.07, 6.45) is 0.804. The number of amides is 2. The summed E-state index contributed by atoms with van der Waals surface area (Å²) in [4.78, 5) is 13.2. The van der Waals surface area contributed by atoms with Gasteiger partial charge in [0.25, 0.3) is 0 Å². The minimum atomic E-state index is -0.658. The van der Waals surface area contributed by atoms with Crippen LogP contribution < -0.4 is 10.0 Å². The Labute approximate surface area is 114 Å². The van der Waals surface area contributed by atoms with Gasteiger partial charge in [0.2, 0.25) is 5.13 Å². The molecule has 2 amide bonds. The van der Waals surface area contributed by atoms with Crippen LogP contribution in [0.25, 0.3) is 0 Å². The molecule has 18 heavy (non-hydrogen) atoms. The summed E-state index contributed by atoms with van der Waals surface area (Å²) < 4.78 is 6.27. The standard InChI is InChI=1S/C9H15N5O2S2/c10-8(15)14(17)9-12-11-7(18-9)1-2-13-3-5-16-6-4-13/h17H,1-6H2,(H2,10,15). The van der Waals surface area contributed by atoms with Crippen LogP contribution in [0, 0.1) is 0 Å². The van der Waals surface area contributed by atoms with E-state index in [9.17, 15) is 4.79 Å². The van der Waals surface area contributed by atoms with Gasteiger partial charge in [-0.25, -0.2) is 9.10 Å². The number of ether oxygens (including phenoxy) is 1. The van der Waals surface area contributed by atoms with Crippen molar-refractivity contribution in [1.82, 2.24) is 15.1 Å². The highest BCUT2D eigenvalue weighted by molar-refractivity contribution is 7.83. The largest absolute Gasteiger partial charge is 0.379 e. The van der Waals surface area contributed by atoms with Crippen LogP contribution in [-0.2, 0) is 11.2 Å². The number of aromatic nitrogens is 2. The highest BCUT2D eigenvalue weighted by Crippen LogP contribution is 2.21. The first-order valence-corrected chi connectivity index (χ1v) is 6.79. The topological polar surface area (TPSA) is 84.6 Å². The van der Waals surface area contributed by atoms with E-state index in [2.05, 4.69) is 27.9 Å². The highest BCUT2D eigenvalue weighted by atomic mass is 32.1. The molecule has 2 heterocycles. The van der Waals surface area contributed by atoms with Crippen molar-refractivity contribution in [2.75, 3.05) is 37.2 Å². The van der Waals surface area contributed by atoms with Crippen molar-refractivity contribution >= 4 is 35.3 Å². The Morgan fingerprint density at radius 2 is 2.22 bits per heavy atom. The second kappa shape index (κ2) is 6.32. The number of morpholine rings is 1. The van der Waals surface area contributed by atoms with Crippen molar-refractivity contribution in [3.8, 4) is 0 Å². The summed E-state index contributed by atoms with van der Waals surface area (Å²) in [7, 11) is 0. The number of urea groups is 1. The Morgan fingerprint density at radius 1 is 1.50 bits per heavy atom. The van der Waals surface area contributed by atoms with Gasteiger partial charge in [0.05, 0.1) is 13.2 Å². The Bertz CT molecular complexity index is 407. The van der Waals surface area contributed by atoms with Crippen LogP contribution in [0.4, 0.5) is 9.93 Å². The fourth-order valence-corrected chi connectivity index (χ4v) is 2.51. The zero-order valence-corrected chi connectivity index (χ0v) is 11.5. The van der Waals surface area contributed by atoms with Gasteiger partial charge in [0.1, 0.15) is 5.01 Å². The number of nitrogens with two attached hydrogens (primary N) is 1. The molecule has 1 fully saturated rings. The molecule has 0 bridgehead atoms. The molecule has 9 heteroatoms. The van der Waals surface area contributed by atoms with E-state index in [1.165, 1.54) is 11.3 Å². The van der Waals surface area contributed by atoms with E-state index in [1.807, 2.05) is 0 Å². The molecule has 2 N–H and O–H groups in total. The number of anilines is 1. The Hall–Kier alpha value is -0.900. The molecule has 0 spiro atoms. The van der Waals surface area contributed by atoms with Gasteiger partial charge < -0.3 is 10.5 Å². The lowest BCUT2D eigenvalue weighted by molar-refractivity contribution is 0.0384. The van der Waals surface area contributed by atoms with E-state index in [0.29, 0.717) is 5.13 Å². The maximum absolute atomic E-state index is 10.9. The maximum atomic E-state index is 10.9. The van der Waals surface area contributed by atoms with E-state index in [1.54, 1.807) is 0 Å². The predicted molar refractivity (Wildman–Crippen MR) is 71.9 cm³/mol. The predicted octanol–water partition coefficient (Wildman–Crippen LogP) is 0.143. The third kappa shape index (κ3) is 3.55. The molecule has 1 saturated heterocycles. The van der Waals surface area contributed by atoms with Gasteiger partial charge in [-0.3, -0.25) is 4.90 Å². The number of rotatable bonds is 4. The van der Waals surface area contributed by atoms with Crippen LogP contribution in [0.5, 0.6) is 0 Å². The summed E-state index contributed by atoms with van der Waals surface area (Å²) in [5, 5.41) is 9.17. The average Bonchev–Trinajstić information content (AvgIpc) is 2.85. The van der Waals surface area contributed by atoms with Gasteiger partial charge >= 0.3 is 6.03 Å². The van der Waals surface area contributed by atoms with Gasteiger partial charge in [0, 0.05) is 26.1 Å². The molecule has 1 aromatic heterocycles. The fourth-order valence-electron chi connectivity index (χ4n) is 1.60. The summed E-state index contributed by atoms with van der Waals surface area (Å²) in [5.74, 6) is 0.